The molecule has 2 aliphatic rings. The first-order valence-corrected chi connectivity index (χ1v) is 8.13. The standard InChI is InChI=1S/C16H17N5O4/c22-13-10(8-17-15(24)20-13)18-14(23)11-5-3-7-21(11)16-19-9-4-1-2-6-12(9)25-16/h1-2,4,6,10-11H,3,5,7-8H2,(H,18,23)(H2,17,20,22,24). The van der Waals surface area contributed by atoms with Gasteiger partial charge in [-0.1, -0.05) is 12.1 Å². The third-order valence-corrected chi connectivity index (χ3v) is 4.42. The minimum Gasteiger partial charge on any atom is -0.423 e. The number of carbonyl (C=O) groups excluding carboxylic acids is 3. The predicted molar refractivity (Wildman–Crippen MR) is 87.8 cm³/mol. The van der Waals surface area contributed by atoms with E-state index in [9.17, 15) is 14.4 Å². The summed E-state index contributed by atoms with van der Waals surface area (Å²) in [5, 5.41) is 7.31. The molecular formula is C16H17N5O4. The molecule has 1 aromatic heterocycles. The average molecular weight is 343 g/mol. The SMILES string of the molecule is O=C1NCC(NC(=O)C2CCCN2c2nc3ccccc3o2)C(=O)N1. The third kappa shape index (κ3) is 2.88. The van der Waals surface area contributed by atoms with Crippen molar-refractivity contribution in [3.05, 3.63) is 24.3 Å². The topological polar surface area (TPSA) is 117 Å². The Morgan fingerprint density at radius 3 is 2.96 bits per heavy atom. The van der Waals surface area contributed by atoms with Crippen LogP contribution in [0.4, 0.5) is 10.8 Å². The first-order chi connectivity index (χ1) is 12.1. The minimum atomic E-state index is -0.781. The number of oxazole rings is 1. The molecule has 2 atom stereocenters. The molecule has 0 saturated carbocycles. The zero-order valence-electron chi connectivity index (χ0n) is 13.3. The fourth-order valence-electron chi connectivity index (χ4n) is 3.17. The number of imide groups is 1. The number of nitrogens with zero attached hydrogens (tertiary/aromatic N) is 2. The second-order valence-corrected chi connectivity index (χ2v) is 6.08. The van der Waals surface area contributed by atoms with Crippen LogP contribution in [-0.2, 0) is 9.59 Å². The number of fused-ring (bicyclic) bond motifs is 1. The number of aromatic nitrogens is 1. The lowest BCUT2D eigenvalue weighted by Gasteiger charge is -2.27. The Kier molecular flexibility index (Phi) is 3.75. The van der Waals surface area contributed by atoms with Crippen molar-refractivity contribution in [2.75, 3.05) is 18.0 Å². The number of para-hydroxylation sites is 2. The Morgan fingerprint density at radius 1 is 1.32 bits per heavy atom. The Balaban J connectivity index is 1.50. The van der Waals surface area contributed by atoms with Crippen LogP contribution in [0.15, 0.2) is 28.7 Å². The number of hydrogen-bond donors (Lipinski definition) is 3. The molecule has 2 fully saturated rings. The molecule has 130 valence electrons. The van der Waals surface area contributed by atoms with Crippen LogP contribution in [0.25, 0.3) is 11.1 Å². The summed E-state index contributed by atoms with van der Waals surface area (Å²) in [6.07, 6.45) is 1.47. The van der Waals surface area contributed by atoms with Crippen molar-refractivity contribution in [3.63, 3.8) is 0 Å². The summed E-state index contributed by atoms with van der Waals surface area (Å²) in [5.74, 6) is -0.792. The van der Waals surface area contributed by atoms with Gasteiger partial charge in [0.1, 0.15) is 17.6 Å². The van der Waals surface area contributed by atoms with Crippen LogP contribution in [-0.4, -0.2) is 48.0 Å². The van der Waals surface area contributed by atoms with E-state index in [1.165, 1.54) is 0 Å². The number of anilines is 1. The summed E-state index contributed by atoms with van der Waals surface area (Å²) in [6, 6.07) is 6.02. The van der Waals surface area contributed by atoms with Crippen LogP contribution in [0, 0.1) is 0 Å². The van der Waals surface area contributed by atoms with Gasteiger partial charge in [-0.2, -0.15) is 4.98 Å². The van der Waals surface area contributed by atoms with Gasteiger partial charge in [0, 0.05) is 13.1 Å². The molecule has 2 unspecified atom stereocenters. The highest BCUT2D eigenvalue weighted by Gasteiger charge is 2.36. The highest BCUT2D eigenvalue weighted by molar-refractivity contribution is 6.01. The van der Waals surface area contributed by atoms with Crippen molar-refractivity contribution in [1.82, 2.24) is 20.9 Å². The van der Waals surface area contributed by atoms with Crippen LogP contribution >= 0.6 is 0 Å². The lowest BCUT2D eigenvalue weighted by atomic mass is 10.1. The third-order valence-electron chi connectivity index (χ3n) is 4.42. The smallest absolute Gasteiger partial charge is 0.321 e. The van der Waals surface area contributed by atoms with Crippen LogP contribution in [0.2, 0.25) is 0 Å². The van der Waals surface area contributed by atoms with Gasteiger partial charge < -0.3 is 20.0 Å². The molecule has 1 aromatic carbocycles. The lowest BCUT2D eigenvalue weighted by Crippen LogP contribution is -2.62. The number of nitrogens with one attached hydrogen (secondary N) is 3. The van der Waals surface area contributed by atoms with Gasteiger partial charge in [-0.05, 0) is 25.0 Å². The van der Waals surface area contributed by atoms with Gasteiger partial charge in [0.05, 0.1) is 0 Å². The van der Waals surface area contributed by atoms with Crippen LogP contribution in [0.5, 0.6) is 0 Å². The van der Waals surface area contributed by atoms with Gasteiger partial charge in [0.2, 0.25) is 5.91 Å². The Labute approximate surface area is 142 Å². The lowest BCUT2D eigenvalue weighted by molar-refractivity contribution is -0.129. The first kappa shape index (κ1) is 15.4. The number of amides is 4. The summed E-state index contributed by atoms with van der Waals surface area (Å²) < 4.78 is 5.76. The van der Waals surface area contributed by atoms with Crippen LogP contribution in [0.3, 0.4) is 0 Å². The average Bonchev–Trinajstić information content (AvgIpc) is 3.23. The highest BCUT2D eigenvalue weighted by Crippen LogP contribution is 2.28. The second kappa shape index (κ2) is 6.08. The molecule has 9 nitrogen and oxygen atoms in total. The normalized spacial score (nSPS) is 23.4. The summed E-state index contributed by atoms with van der Waals surface area (Å²) in [6.45, 7) is 0.727. The zero-order valence-corrected chi connectivity index (χ0v) is 13.3. The molecule has 0 spiro atoms. The summed E-state index contributed by atoms with van der Waals surface area (Å²) in [5.41, 5.74) is 1.40. The van der Waals surface area contributed by atoms with Crippen LogP contribution in [0.1, 0.15) is 12.8 Å². The van der Waals surface area contributed by atoms with E-state index >= 15 is 0 Å². The van der Waals surface area contributed by atoms with Crippen molar-refractivity contribution in [2.24, 2.45) is 0 Å². The van der Waals surface area contributed by atoms with Gasteiger partial charge >= 0.3 is 6.03 Å². The molecule has 3 N–H and O–H groups in total. The van der Waals surface area contributed by atoms with Gasteiger partial charge in [0.25, 0.3) is 11.9 Å². The van der Waals surface area contributed by atoms with E-state index in [4.69, 9.17) is 4.42 Å². The number of rotatable bonds is 3. The summed E-state index contributed by atoms with van der Waals surface area (Å²) >= 11 is 0. The Hall–Kier alpha value is -3.10. The van der Waals surface area contributed by atoms with E-state index in [-0.39, 0.29) is 12.5 Å². The maximum absolute atomic E-state index is 12.6. The molecule has 0 radical (unpaired) electrons. The number of urea groups is 1. The van der Waals surface area contributed by atoms with Gasteiger partial charge in [-0.15, -0.1) is 0 Å². The molecule has 0 bridgehead atoms. The molecule has 2 aromatic rings. The first-order valence-electron chi connectivity index (χ1n) is 8.13. The van der Waals surface area contributed by atoms with Crippen molar-refractivity contribution in [1.29, 1.82) is 0 Å². The molecule has 4 rings (SSSR count). The minimum absolute atomic E-state index is 0.0754. The largest absolute Gasteiger partial charge is 0.423 e. The van der Waals surface area contributed by atoms with Crippen molar-refractivity contribution < 1.29 is 18.8 Å². The Bertz CT molecular complexity index is 815. The zero-order chi connectivity index (χ0) is 17.4. The molecule has 2 saturated heterocycles. The number of carbonyl (C=O) groups is 3. The van der Waals surface area contributed by atoms with E-state index < -0.39 is 24.0 Å². The van der Waals surface area contributed by atoms with Gasteiger partial charge in [-0.3, -0.25) is 14.9 Å². The second-order valence-electron chi connectivity index (χ2n) is 6.08. The fourth-order valence-corrected chi connectivity index (χ4v) is 3.17. The molecular weight excluding hydrogens is 326 g/mol. The molecule has 25 heavy (non-hydrogen) atoms. The highest BCUT2D eigenvalue weighted by atomic mass is 16.4. The van der Waals surface area contributed by atoms with Gasteiger partial charge in [0.15, 0.2) is 5.58 Å². The van der Waals surface area contributed by atoms with Crippen molar-refractivity contribution >= 4 is 35.0 Å². The summed E-state index contributed by atoms with van der Waals surface area (Å²) in [7, 11) is 0. The fraction of sp³-hybridized carbons (Fsp3) is 0.375. The Morgan fingerprint density at radius 2 is 2.16 bits per heavy atom. The molecule has 3 heterocycles. The maximum atomic E-state index is 12.6. The predicted octanol–water partition coefficient (Wildman–Crippen LogP) is 0.121. The molecule has 9 heteroatoms. The molecule has 4 amide bonds. The van der Waals surface area contributed by atoms with E-state index in [1.807, 2.05) is 29.2 Å². The monoisotopic (exact) mass is 343 g/mol. The van der Waals surface area contributed by atoms with Crippen molar-refractivity contribution in [2.45, 2.75) is 24.9 Å². The van der Waals surface area contributed by atoms with E-state index in [1.54, 1.807) is 0 Å². The molecule has 0 aliphatic carbocycles. The quantitative estimate of drug-likeness (QED) is 0.729. The molecule has 2 aliphatic heterocycles. The van der Waals surface area contributed by atoms with E-state index in [0.29, 0.717) is 24.6 Å². The number of hydrogen-bond acceptors (Lipinski definition) is 6. The van der Waals surface area contributed by atoms with E-state index in [2.05, 4.69) is 20.9 Å². The van der Waals surface area contributed by atoms with Crippen molar-refractivity contribution in [3.8, 4) is 0 Å². The van der Waals surface area contributed by atoms with Gasteiger partial charge in [-0.25, -0.2) is 4.79 Å². The summed E-state index contributed by atoms with van der Waals surface area (Å²) in [4.78, 5) is 41.8. The maximum Gasteiger partial charge on any atom is 0.321 e. The van der Waals surface area contributed by atoms with E-state index in [0.717, 1.165) is 11.9 Å². The number of benzene rings is 1. The van der Waals surface area contributed by atoms with Crippen LogP contribution < -0.4 is 20.9 Å².